The number of carbonyl (C=O) groups is 1. The molecular weight excluding hydrogens is 253 g/mol. The molecule has 0 aliphatic carbocycles. The summed E-state index contributed by atoms with van der Waals surface area (Å²) in [7, 11) is 0. The van der Waals surface area contributed by atoms with Gasteiger partial charge in [0.25, 0.3) is 0 Å². The molecule has 0 radical (unpaired) electrons. The van der Waals surface area contributed by atoms with E-state index in [9.17, 15) is 9.18 Å². The zero-order chi connectivity index (χ0) is 14.5. The highest BCUT2D eigenvalue weighted by atomic mass is 19.1. The first kappa shape index (κ1) is 14.4. The molecular formula is C17H18FNO. The Morgan fingerprint density at radius 2 is 1.90 bits per heavy atom. The van der Waals surface area contributed by atoms with E-state index in [2.05, 4.69) is 18.8 Å². The maximum atomic E-state index is 12.9. The van der Waals surface area contributed by atoms with E-state index >= 15 is 0 Å². The zero-order valence-electron chi connectivity index (χ0n) is 11.8. The molecule has 104 valence electrons. The summed E-state index contributed by atoms with van der Waals surface area (Å²) in [6.45, 7) is 4.20. The number of hydrogen-bond acceptors (Lipinski definition) is 2. The average Bonchev–Trinajstić information content (AvgIpc) is 2.41. The van der Waals surface area contributed by atoms with Crippen LogP contribution in [0.15, 0.2) is 42.6 Å². The van der Waals surface area contributed by atoms with Crippen molar-refractivity contribution in [3.05, 3.63) is 65.2 Å². The standard InChI is InChI=1S/C17H18FNO/c1-12(2)10-16-15(4-3-9-19-16)17(20)11-13-5-7-14(18)8-6-13/h3-9,12H,10-11H2,1-2H3. The second-order valence-corrected chi connectivity index (χ2v) is 5.32. The highest BCUT2D eigenvalue weighted by Crippen LogP contribution is 2.14. The van der Waals surface area contributed by atoms with Gasteiger partial charge in [-0.3, -0.25) is 9.78 Å². The molecule has 2 rings (SSSR count). The smallest absolute Gasteiger partial charge is 0.169 e. The van der Waals surface area contributed by atoms with Gasteiger partial charge >= 0.3 is 0 Å². The molecule has 2 nitrogen and oxygen atoms in total. The summed E-state index contributed by atoms with van der Waals surface area (Å²) in [5.41, 5.74) is 2.33. The molecule has 2 aromatic rings. The number of benzene rings is 1. The van der Waals surface area contributed by atoms with E-state index in [1.54, 1.807) is 24.4 Å². The first-order valence-corrected chi connectivity index (χ1v) is 6.78. The molecule has 0 aliphatic heterocycles. The molecule has 1 heterocycles. The van der Waals surface area contributed by atoms with Crippen LogP contribution in [-0.4, -0.2) is 10.8 Å². The molecule has 0 saturated heterocycles. The number of nitrogens with zero attached hydrogens (tertiary/aromatic N) is 1. The lowest BCUT2D eigenvalue weighted by atomic mass is 9.97. The quantitative estimate of drug-likeness (QED) is 0.773. The number of hydrogen-bond donors (Lipinski definition) is 0. The Labute approximate surface area is 118 Å². The van der Waals surface area contributed by atoms with Gasteiger partial charge in [-0.25, -0.2) is 4.39 Å². The van der Waals surface area contributed by atoms with E-state index < -0.39 is 0 Å². The van der Waals surface area contributed by atoms with Crippen LogP contribution in [0.25, 0.3) is 0 Å². The molecule has 1 aromatic heterocycles. The molecule has 0 saturated carbocycles. The summed E-state index contributed by atoms with van der Waals surface area (Å²) < 4.78 is 12.9. The van der Waals surface area contributed by atoms with E-state index in [0.29, 0.717) is 11.5 Å². The van der Waals surface area contributed by atoms with Crippen LogP contribution in [0.5, 0.6) is 0 Å². The zero-order valence-corrected chi connectivity index (χ0v) is 11.8. The van der Waals surface area contributed by atoms with Crippen LogP contribution < -0.4 is 0 Å². The second-order valence-electron chi connectivity index (χ2n) is 5.32. The molecule has 20 heavy (non-hydrogen) atoms. The molecule has 0 unspecified atom stereocenters. The summed E-state index contributed by atoms with van der Waals surface area (Å²) in [6, 6.07) is 9.64. The van der Waals surface area contributed by atoms with Crippen molar-refractivity contribution in [1.82, 2.24) is 4.98 Å². The molecule has 1 aromatic carbocycles. The Morgan fingerprint density at radius 3 is 2.55 bits per heavy atom. The van der Waals surface area contributed by atoms with Crippen molar-refractivity contribution in [2.24, 2.45) is 5.92 Å². The molecule has 0 aliphatic rings. The number of halogens is 1. The van der Waals surface area contributed by atoms with Gasteiger partial charge < -0.3 is 0 Å². The van der Waals surface area contributed by atoms with Gasteiger partial charge in [-0.05, 0) is 42.2 Å². The number of pyridine rings is 1. The first-order chi connectivity index (χ1) is 9.56. The molecule has 0 N–H and O–H groups in total. The Balaban J connectivity index is 2.18. The largest absolute Gasteiger partial charge is 0.294 e. The fraction of sp³-hybridized carbons (Fsp3) is 0.294. The maximum absolute atomic E-state index is 12.9. The van der Waals surface area contributed by atoms with Gasteiger partial charge in [0.2, 0.25) is 0 Å². The van der Waals surface area contributed by atoms with E-state index in [1.165, 1.54) is 12.1 Å². The van der Waals surface area contributed by atoms with Crippen LogP contribution in [0.1, 0.15) is 35.5 Å². The predicted molar refractivity (Wildman–Crippen MR) is 77.2 cm³/mol. The topological polar surface area (TPSA) is 30.0 Å². The number of carbonyl (C=O) groups excluding carboxylic acids is 1. The Morgan fingerprint density at radius 1 is 1.20 bits per heavy atom. The number of rotatable bonds is 5. The normalized spacial score (nSPS) is 10.8. The van der Waals surface area contributed by atoms with Crippen LogP contribution in [0.2, 0.25) is 0 Å². The fourth-order valence-electron chi connectivity index (χ4n) is 2.12. The number of ketones is 1. The molecule has 3 heteroatoms. The van der Waals surface area contributed by atoms with Crippen molar-refractivity contribution in [2.45, 2.75) is 26.7 Å². The molecule has 0 bridgehead atoms. The van der Waals surface area contributed by atoms with Crippen molar-refractivity contribution in [2.75, 3.05) is 0 Å². The summed E-state index contributed by atoms with van der Waals surface area (Å²) in [6.07, 6.45) is 2.77. The third-order valence-electron chi connectivity index (χ3n) is 3.07. The minimum atomic E-state index is -0.289. The van der Waals surface area contributed by atoms with Crippen LogP contribution in [0.4, 0.5) is 4.39 Å². The van der Waals surface area contributed by atoms with Crippen molar-refractivity contribution >= 4 is 5.78 Å². The number of Topliss-reactive ketones (excluding diaryl/α,β-unsaturated/α-hetero) is 1. The first-order valence-electron chi connectivity index (χ1n) is 6.78. The molecule has 0 atom stereocenters. The Kier molecular flexibility index (Phi) is 4.61. The SMILES string of the molecule is CC(C)Cc1ncccc1C(=O)Cc1ccc(F)cc1. The van der Waals surface area contributed by atoms with E-state index in [4.69, 9.17) is 0 Å². The van der Waals surface area contributed by atoms with Gasteiger partial charge in [-0.1, -0.05) is 26.0 Å². The summed E-state index contributed by atoms with van der Waals surface area (Å²) in [5, 5.41) is 0. The van der Waals surface area contributed by atoms with Crippen LogP contribution in [0, 0.1) is 11.7 Å². The lowest BCUT2D eigenvalue weighted by molar-refractivity contribution is 0.0991. The third kappa shape index (κ3) is 3.73. The maximum Gasteiger partial charge on any atom is 0.169 e. The van der Waals surface area contributed by atoms with Gasteiger partial charge in [0.05, 0.1) is 5.69 Å². The molecule has 0 amide bonds. The lowest BCUT2D eigenvalue weighted by Gasteiger charge is -2.09. The van der Waals surface area contributed by atoms with Gasteiger partial charge in [0.15, 0.2) is 5.78 Å². The van der Waals surface area contributed by atoms with Crippen LogP contribution in [-0.2, 0) is 12.8 Å². The summed E-state index contributed by atoms with van der Waals surface area (Å²) in [4.78, 5) is 16.7. The van der Waals surface area contributed by atoms with E-state index in [1.807, 2.05) is 6.07 Å². The van der Waals surface area contributed by atoms with Crippen molar-refractivity contribution < 1.29 is 9.18 Å². The predicted octanol–water partition coefficient (Wildman–Crippen LogP) is 3.84. The summed E-state index contributed by atoms with van der Waals surface area (Å²) >= 11 is 0. The van der Waals surface area contributed by atoms with Crippen molar-refractivity contribution in [1.29, 1.82) is 0 Å². The Hall–Kier alpha value is -2.03. The average molecular weight is 271 g/mol. The van der Waals surface area contributed by atoms with Gasteiger partial charge in [-0.15, -0.1) is 0 Å². The lowest BCUT2D eigenvalue weighted by Crippen LogP contribution is -2.10. The molecule has 0 spiro atoms. The number of aromatic nitrogens is 1. The van der Waals surface area contributed by atoms with Gasteiger partial charge in [0, 0.05) is 18.2 Å². The van der Waals surface area contributed by atoms with Crippen molar-refractivity contribution in [3.63, 3.8) is 0 Å². The highest BCUT2D eigenvalue weighted by molar-refractivity contribution is 5.98. The highest BCUT2D eigenvalue weighted by Gasteiger charge is 2.13. The van der Waals surface area contributed by atoms with Crippen LogP contribution in [0.3, 0.4) is 0 Å². The van der Waals surface area contributed by atoms with Gasteiger partial charge in [0.1, 0.15) is 5.82 Å². The third-order valence-corrected chi connectivity index (χ3v) is 3.07. The summed E-state index contributed by atoms with van der Waals surface area (Å²) in [5.74, 6) is 0.186. The second kappa shape index (κ2) is 6.42. The van der Waals surface area contributed by atoms with Crippen LogP contribution >= 0.6 is 0 Å². The minimum absolute atomic E-state index is 0.0281. The Bertz CT molecular complexity index is 590. The minimum Gasteiger partial charge on any atom is -0.294 e. The van der Waals surface area contributed by atoms with Crippen molar-refractivity contribution in [3.8, 4) is 0 Å². The van der Waals surface area contributed by atoms with Gasteiger partial charge in [-0.2, -0.15) is 0 Å². The van der Waals surface area contributed by atoms with E-state index in [0.717, 1.165) is 17.7 Å². The molecule has 0 fully saturated rings. The fourth-order valence-corrected chi connectivity index (χ4v) is 2.12. The van der Waals surface area contributed by atoms with E-state index in [-0.39, 0.29) is 18.0 Å². The monoisotopic (exact) mass is 271 g/mol.